The van der Waals surface area contributed by atoms with Crippen molar-refractivity contribution in [3.05, 3.63) is 18.0 Å². The van der Waals surface area contributed by atoms with Gasteiger partial charge in [-0.2, -0.15) is 0 Å². The molecule has 2 atom stereocenters. The first-order valence-electron chi connectivity index (χ1n) is 8.92. The minimum Gasteiger partial charge on any atom is -0.463 e. The van der Waals surface area contributed by atoms with Gasteiger partial charge < -0.3 is 14.4 Å². The molecule has 1 aromatic rings. The number of aromatic nitrogens is 2. The minimum atomic E-state index is -3.25. The lowest BCUT2D eigenvalue weighted by Gasteiger charge is -2.50. The Kier molecular flexibility index (Phi) is 4.38. The van der Waals surface area contributed by atoms with Crippen LogP contribution in [-0.2, 0) is 19.4 Å². The summed E-state index contributed by atoms with van der Waals surface area (Å²) in [6.07, 6.45) is 2.88. The molecule has 8 nitrogen and oxygen atoms in total. The van der Waals surface area contributed by atoms with Crippen LogP contribution in [0.15, 0.2) is 12.3 Å². The first-order chi connectivity index (χ1) is 12.4. The number of hydrogen-bond acceptors (Lipinski definition) is 7. The summed E-state index contributed by atoms with van der Waals surface area (Å²) in [6.45, 7) is 3.64. The van der Waals surface area contributed by atoms with Crippen molar-refractivity contribution in [3.63, 3.8) is 0 Å². The van der Waals surface area contributed by atoms with Gasteiger partial charge in [0.15, 0.2) is 9.84 Å². The second-order valence-electron chi connectivity index (χ2n) is 7.42. The zero-order chi connectivity index (χ0) is 18.4. The van der Waals surface area contributed by atoms with Gasteiger partial charge in [-0.1, -0.05) is 0 Å². The van der Waals surface area contributed by atoms with E-state index in [2.05, 4.69) is 9.97 Å². The number of carbonyl (C=O) groups excluding carboxylic acids is 1. The Hall–Kier alpha value is -1.74. The van der Waals surface area contributed by atoms with Crippen LogP contribution in [0, 0.1) is 18.8 Å². The summed E-state index contributed by atoms with van der Waals surface area (Å²) in [5.74, 6) is -0.131. The first kappa shape index (κ1) is 17.7. The van der Waals surface area contributed by atoms with E-state index < -0.39 is 14.6 Å². The van der Waals surface area contributed by atoms with Crippen LogP contribution in [0.2, 0.25) is 0 Å². The van der Waals surface area contributed by atoms with Gasteiger partial charge >= 0.3 is 6.01 Å². The predicted octanol–water partition coefficient (Wildman–Crippen LogP) is 0.216. The van der Waals surface area contributed by atoms with Crippen molar-refractivity contribution in [2.24, 2.45) is 11.8 Å². The molecule has 9 heteroatoms. The highest BCUT2D eigenvalue weighted by Gasteiger charge is 2.63. The lowest BCUT2D eigenvalue weighted by atomic mass is 9.83. The Morgan fingerprint density at radius 3 is 2.92 bits per heavy atom. The van der Waals surface area contributed by atoms with Gasteiger partial charge in [0.1, 0.15) is 4.75 Å². The molecule has 3 saturated heterocycles. The zero-order valence-corrected chi connectivity index (χ0v) is 15.6. The quantitative estimate of drug-likeness (QED) is 0.735. The van der Waals surface area contributed by atoms with Crippen LogP contribution in [0.1, 0.15) is 18.5 Å². The molecular weight excluding hydrogens is 358 g/mol. The molecule has 0 aromatic carbocycles. The molecule has 1 amide bonds. The largest absolute Gasteiger partial charge is 0.463 e. The summed E-state index contributed by atoms with van der Waals surface area (Å²) in [7, 11) is -3.25. The third-order valence-corrected chi connectivity index (χ3v) is 8.40. The standard InChI is InChI=1S/C17H23N3O5S/c1-12-2-5-18-16(19-12)25-9-14-4-7-26(22,23)17(14)10-20(11-17)15(21)13-3-6-24-8-13/h2,5,13-14H,3-4,6-11H2,1H3/t13-,14-/m0/s1. The minimum absolute atomic E-state index is 0.0110. The van der Waals surface area contributed by atoms with Gasteiger partial charge in [-0.3, -0.25) is 4.79 Å². The van der Waals surface area contributed by atoms with Crippen LogP contribution >= 0.6 is 0 Å². The average Bonchev–Trinajstić information content (AvgIpc) is 3.17. The smallest absolute Gasteiger partial charge is 0.316 e. The zero-order valence-electron chi connectivity index (χ0n) is 14.8. The molecule has 3 aliphatic rings. The second-order valence-corrected chi connectivity index (χ2v) is 9.87. The topological polar surface area (TPSA) is 98.7 Å². The number of rotatable bonds is 4. The molecular formula is C17H23N3O5S. The highest BCUT2D eigenvalue weighted by Crippen LogP contribution is 2.45. The molecule has 0 N–H and O–H groups in total. The van der Waals surface area contributed by atoms with Gasteiger partial charge in [0, 0.05) is 37.5 Å². The molecule has 4 rings (SSSR count). The number of aryl methyl sites for hydroxylation is 1. The van der Waals surface area contributed by atoms with E-state index in [4.69, 9.17) is 9.47 Å². The van der Waals surface area contributed by atoms with E-state index in [1.807, 2.05) is 6.92 Å². The number of carbonyl (C=O) groups is 1. The van der Waals surface area contributed by atoms with Gasteiger partial charge in [0.05, 0.1) is 24.9 Å². The van der Waals surface area contributed by atoms with E-state index in [0.29, 0.717) is 26.1 Å². The fourth-order valence-electron chi connectivity index (χ4n) is 4.12. The van der Waals surface area contributed by atoms with Crippen molar-refractivity contribution in [2.75, 3.05) is 38.7 Å². The fraction of sp³-hybridized carbons (Fsp3) is 0.706. The van der Waals surface area contributed by atoms with Gasteiger partial charge in [-0.05, 0) is 25.8 Å². The van der Waals surface area contributed by atoms with Crippen molar-refractivity contribution in [2.45, 2.75) is 24.5 Å². The van der Waals surface area contributed by atoms with Crippen molar-refractivity contribution in [1.29, 1.82) is 0 Å². The highest BCUT2D eigenvalue weighted by molar-refractivity contribution is 7.93. The fourth-order valence-corrected chi connectivity index (χ4v) is 6.52. The van der Waals surface area contributed by atoms with Gasteiger partial charge in [0.2, 0.25) is 5.91 Å². The van der Waals surface area contributed by atoms with E-state index in [9.17, 15) is 13.2 Å². The monoisotopic (exact) mass is 381 g/mol. The maximum absolute atomic E-state index is 12.7. The summed E-state index contributed by atoms with van der Waals surface area (Å²) >= 11 is 0. The molecule has 142 valence electrons. The normalized spacial score (nSPS) is 28.9. The molecule has 0 aliphatic carbocycles. The Bertz CT molecular complexity index is 800. The Morgan fingerprint density at radius 2 is 2.23 bits per heavy atom. The van der Waals surface area contributed by atoms with Gasteiger partial charge in [0.25, 0.3) is 0 Å². The highest BCUT2D eigenvalue weighted by atomic mass is 32.2. The number of sulfone groups is 1. The van der Waals surface area contributed by atoms with Crippen LogP contribution in [0.3, 0.4) is 0 Å². The number of amides is 1. The summed E-state index contributed by atoms with van der Waals surface area (Å²) in [5.41, 5.74) is 0.794. The van der Waals surface area contributed by atoms with Crippen molar-refractivity contribution < 1.29 is 22.7 Å². The molecule has 0 saturated carbocycles. The third kappa shape index (κ3) is 2.87. The second kappa shape index (κ2) is 6.45. The average molecular weight is 381 g/mol. The van der Waals surface area contributed by atoms with Crippen LogP contribution in [0.25, 0.3) is 0 Å². The number of hydrogen-bond donors (Lipinski definition) is 0. The molecule has 0 radical (unpaired) electrons. The summed E-state index contributed by atoms with van der Waals surface area (Å²) in [4.78, 5) is 22.4. The van der Waals surface area contributed by atoms with Crippen molar-refractivity contribution >= 4 is 15.7 Å². The van der Waals surface area contributed by atoms with Gasteiger partial charge in [-0.15, -0.1) is 0 Å². The van der Waals surface area contributed by atoms with E-state index in [1.54, 1.807) is 17.2 Å². The van der Waals surface area contributed by atoms with Crippen LogP contribution in [0.4, 0.5) is 0 Å². The molecule has 3 fully saturated rings. The van der Waals surface area contributed by atoms with Crippen molar-refractivity contribution in [3.8, 4) is 6.01 Å². The van der Waals surface area contributed by atoms with Crippen LogP contribution in [-0.4, -0.2) is 72.6 Å². The predicted molar refractivity (Wildman–Crippen MR) is 92.4 cm³/mol. The molecule has 3 aliphatic heterocycles. The molecule has 0 bridgehead atoms. The van der Waals surface area contributed by atoms with E-state index in [0.717, 1.165) is 5.69 Å². The molecule has 26 heavy (non-hydrogen) atoms. The number of nitrogens with zero attached hydrogens (tertiary/aromatic N) is 3. The number of ether oxygens (including phenoxy) is 2. The molecule has 1 aromatic heterocycles. The maximum atomic E-state index is 12.7. The summed E-state index contributed by atoms with van der Waals surface area (Å²) in [5, 5.41) is 0. The lowest BCUT2D eigenvalue weighted by Crippen LogP contribution is -2.69. The lowest BCUT2D eigenvalue weighted by molar-refractivity contribution is -0.142. The maximum Gasteiger partial charge on any atom is 0.316 e. The summed E-state index contributed by atoms with van der Waals surface area (Å²) < 4.78 is 35.4. The molecule has 0 unspecified atom stereocenters. The third-order valence-electron chi connectivity index (χ3n) is 5.79. The number of likely N-dealkylation sites (tertiary alicyclic amines) is 1. The Balaban J connectivity index is 1.44. The Morgan fingerprint density at radius 1 is 1.42 bits per heavy atom. The van der Waals surface area contributed by atoms with E-state index in [1.165, 1.54) is 0 Å². The summed E-state index contributed by atoms with van der Waals surface area (Å²) in [6, 6.07) is 2.04. The molecule has 1 spiro atoms. The Labute approximate surface area is 152 Å². The van der Waals surface area contributed by atoms with E-state index >= 15 is 0 Å². The molecule has 4 heterocycles. The van der Waals surface area contributed by atoms with Gasteiger partial charge in [-0.25, -0.2) is 18.4 Å². The van der Waals surface area contributed by atoms with Crippen LogP contribution < -0.4 is 4.74 Å². The van der Waals surface area contributed by atoms with Crippen molar-refractivity contribution in [1.82, 2.24) is 14.9 Å². The first-order valence-corrected chi connectivity index (χ1v) is 10.6. The SMILES string of the molecule is Cc1ccnc(OC[C@@H]2CCS(=O)(=O)C23CN(C(=O)[C@H]2CCOC2)C3)n1. The van der Waals surface area contributed by atoms with Crippen LogP contribution in [0.5, 0.6) is 6.01 Å². The van der Waals surface area contributed by atoms with E-state index in [-0.39, 0.29) is 49.2 Å².